The van der Waals surface area contributed by atoms with E-state index in [-0.39, 0.29) is 12.5 Å². The van der Waals surface area contributed by atoms with Crippen molar-refractivity contribution < 1.29 is 14.3 Å². The normalized spacial score (nSPS) is 10.4. The van der Waals surface area contributed by atoms with Gasteiger partial charge < -0.3 is 20.1 Å². The minimum absolute atomic E-state index is 0.00616. The molecule has 2 N–H and O–H groups in total. The maximum atomic E-state index is 11.4. The Kier molecular flexibility index (Phi) is 6.87. The van der Waals surface area contributed by atoms with Crippen LogP contribution in [0.1, 0.15) is 26.3 Å². The summed E-state index contributed by atoms with van der Waals surface area (Å²) in [6.45, 7) is 7.43. The minimum atomic E-state index is -0.139. The van der Waals surface area contributed by atoms with Crippen molar-refractivity contribution in [2.45, 2.75) is 33.4 Å². The third kappa shape index (κ3) is 5.48. The molecule has 1 aromatic carbocycles. The number of methoxy groups -OCH3 is 1. The standard InChI is InChI=1S/C15H24N2O3/c1-5-16-15(18)10-20-13-7-6-12(8-14(13)19-4)9-17-11(2)3/h6-8,11,17H,5,9-10H2,1-4H3,(H,16,18). The quantitative estimate of drug-likeness (QED) is 0.761. The summed E-state index contributed by atoms with van der Waals surface area (Å²) >= 11 is 0. The Morgan fingerprint density at radius 2 is 2.05 bits per heavy atom. The number of amides is 1. The number of hydrogen-bond donors (Lipinski definition) is 2. The fourth-order valence-corrected chi connectivity index (χ4v) is 1.65. The fraction of sp³-hybridized carbons (Fsp3) is 0.533. The third-order valence-electron chi connectivity index (χ3n) is 2.68. The van der Waals surface area contributed by atoms with Gasteiger partial charge in [-0.25, -0.2) is 0 Å². The van der Waals surface area contributed by atoms with Gasteiger partial charge in [0.15, 0.2) is 18.1 Å². The predicted molar refractivity (Wildman–Crippen MR) is 79.1 cm³/mol. The Bertz CT molecular complexity index is 433. The molecule has 112 valence electrons. The molecule has 0 saturated heterocycles. The maximum absolute atomic E-state index is 11.4. The van der Waals surface area contributed by atoms with Crippen LogP contribution in [0.5, 0.6) is 11.5 Å². The van der Waals surface area contributed by atoms with Crippen LogP contribution in [-0.2, 0) is 11.3 Å². The predicted octanol–water partition coefficient (Wildman–Crippen LogP) is 1.71. The number of carbonyl (C=O) groups is 1. The van der Waals surface area contributed by atoms with Gasteiger partial charge in [-0.1, -0.05) is 19.9 Å². The molecule has 0 spiro atoms. The highest BCUT2D eigenvalue weighted by atomic mass is 16.5. The van der Waals surface area contributed by atoms with Crippen molar-refractivity contribution in [1.82, 2.24) is 10.6 Å². The molecular formula is C15H24N2O3. The topological polar surface area (TPSA) is 59.6 Å². The van der Waals surface area contributed by atoms with E-state index in [4.69, 9.17) is 9.47 Å². The highest BCUT2D eigenvalue weighted by Gasteiger charge is 2.08. The fourth-order valence-electron chi connectivity index (χ4n) is 1.65. The lowest BCUT2D eigenvalue weighted by Gasteiger charge is -2.13. The second kappa shape index (κ2) is 8.43. The van der Waals surface area contributed by atoms with Crippen molar-refractivity contribution >= 4 is 5.91 Å². The molecule has 0 aliphatic carbocycles. The molecule has 0 aliphatic rings. The molecule has 0 saturated carbocycles. The molecular weight excluding hydrogens is 256 g/mol. The summed E-state index contributed by atoms with van der Waals surface area (Å²) in [5.74, 6) is 1.07. The molecule has 0 fully saturated rings. The molecule has 0 unspecified atom stereocenters. The van der Waals surface area contributed by atoms with Crippen LogP contribution in [0.3, 0.4) is 0 Å². The Labute approximate surface area is 120 Å². The van der Waals surface area contributed by atoms with Crippen LogP contribution >= 0.6 is 0 Å². The van der Waals surface area contributed by atoms with Crippen molar-refractivity contribution in [1.29, 1.82) is 0 Å². The molecule has 0 atom stereocenters. The van der Waals surface area contributed by atoms with Gasteiger partial charge in [0.05, 0.1) is 7.11 Å². The van der Waals surface area contributed by atoms with E-state index < -0.39 is 0 Å². The zero-order valence-electron chi connectivity index (χ0n) is 12.7. The van der Waals surface area contributed by atoms with E-state index >= 15 is 0 Å². The van der Waals surface area contributed by atoms with E-state index in [1.54, 1.807) is 7.11 Å². The molecule has 0 radical (unpaired) electrons. The van der Waals surface area contributed by atoms with Crippen molar-refractivity contribution in [2.24, 2.45) is 0 Å². The summed E-state index contributed by atoms with van der Waals surface area (Å²) in [7, 11) is 1.59. The van der Waals surface area contributed by atoms with Crippen LogP contribution < -0.4 is 20.1 Å². The summed E-state index contributed by atoms with van der Waals surface area (Å²) in [5, 5.41) is 6.02. The summed E-state index contributed by atoms with van der Waals surface area (Å²) < 4.78 is 10.8. The van der Waals surface area contributed by atoms with Crippen molar-refractivity contribution in [2.75, 3.05) is 20.3 Å². The highest BCUT2D eigenvalue weighted by Crippen LogP contribution is 2.28. The molecule has 0 aliphatic heterocycles. The molecule has 5 heteroatoms. The average molecular weight is 280 g/mol. The van der Waals surface area contributed by atoms with Gasteiger partial charge >= 0.3 is 0 Å². The van der Waals surface area contributed by atoms with Gasteiger partial charge in [0.2, 0.25) is 0 Å². The maximum Gasteiger partial charge on any atom is 0.257 e. The highest BCUT2D eigenvalue weighted by molar-refractivity contribution is 5.77. The summed E-state index contributed by atoms with van der Waals surface area (Å²) in [6, 6.07) is 6.14. The summed E-state index contributed by atoms with van der Waals surface area (Å²) in [6.07, 6.45) is 0. The monoisotopic (exact) mass is 280 g/mol. The molecule has 20 heavy (non-hydrogen) atoms. The minimum Gasteiger partial charge on any atom is -0.493 e. The first-order chi connectivity index (χ1) is 9.56. The first-order valence-corrected chi connectivity index (χ1v) is 6.86. The molecule has 1 aromatic rings. The molecule has 0 aromatic heterocycles. The van der Waals surface area contributed by atoms with Crippen LogP contribution in [0.4, 0.5) is 0 Å². The average Bonchev–Trinajstić information content (AvgIpc) is 2.43. The molecule has 1 rings (SSSR count). The van der Waals surface area contributed by atoms with E-state index in [9.17, 15) is 4.79 Å². The third-order valence-corrected chi connectivity index (χ3v) is 2.68. The van der Waals surface area contributed by atoms with Gasteiger partial charge in [-0.3, -0.25) is 4.79 Å². The number of nitrogens with one attached hydrogen (secondary N) is 2. The Morgan fingerprint density at radius 1 is 1.30 bits per heavy atom. The smallest absolute Gasteiger partial charge is 0.257 e. The SMILES string of the molecule is CCNC(=O)COc1ccc(CNC(C)C)cc1OC. The van der Waals surface area contributed by atoms with Gasteiger partial charge in [0, 0.05) is 19.1 Å². The van der Waals surface area contributed by atoms with Gasteiger partial charge in [-0.05, 0) is 24.6 Å². The largest absolute Gasteiger partial charge is 0.493 e. The summed E-state index contributed by atoms with van der Waals surface area (Å²) in [4.78, 5) is 11.4. The lowest BCUT2D eigenvalue weighted by molar-refractivity contribution is -0.123. The van der Waals surface area contributed by atoms with Crippen molar-refractivity contribution in [3.05, 3.63) is 23.8 Å². The van der Waals surface area contributed by atoms with E-state index in [0.29, 0.717) is 24.1 Å². The van der Waals surface area contributed by atoms with E-state index in [0.717, 1.165) is 12.1 Å². The molecule has 1 amide bonds. The number of likely N-dealkylation sites (N-methyl/N-ethyl adjacent to an activating group) is 1. The summed E-state index contributed by atoms with van der Waals surface area (Å²) in [5.41, 5.74) is 1.11. The van der Waals surface area contributed by atoms with Crippen molar-refractivity contribution in [3.8, 4) is 11.5 Å². The number of ether oxygens (including phenoxy) is 2. The first-order valence-electron chi connectivity index (χ1n) is 6.86. The van der Waals surface area contributed by atoms with Crippen LogP contribution in [0, 0.1) is 0 Å². The number of carbonyl (C=O) groups excluding carboxylic acids is 1. The van der Waals surface area contributed by atoms with Gasteiger partial charge in [-0.15, -0.1) is 0 Å². The lowest BCUT2D eigenvalue weighted by atomic mass is 10.2. The van der Waals surface area contributed by atoms with E-state index in [1.165, 1.54) is 0 Å². The van der Waals surface area contributed by atoms with E-state index in [1.807, 2.05) is 25.1 Å². The molecule has 5 nitrogen and oxygen atoms in total. The van der Waals surface area contributed by atoms with Gasteiger partial charge in [0.25, 0.3) is 5.91 Å². The van der Waals surface area contributed by atoms with Gasteiger partial charge in [0.1, 0.15) is 0 Å². The van der Waals surface area contributed by atoms with Gasteiger partial charge in [-0.2, -0.15) is 0 Å². The number of hydrogen-bond acceptors (Lipinski definition) is 4. The van der Waals surface area contributed by atoms with E-state index in [2.05, 4.69) is 24.5 Å². The Morgan fingerprint density at radius 3 is 2.65 bits per heavy atom. The van der Waals surface area contributed by atoms with Crippen LogP contribution in [-0.4, -0.2) is 32.2 Å². The first kappa shape index (κ1) is 16.3. The number of benzene rings is 1. The van der Waals surface area contributed by atoms with Crippen molar-refractivity contribution in [3.63, 3.8) is 0 Å². The molecule has 0 bridgehead atoms. The van der Waals surface area contributed by atoms with Crippen LogP contribution in [0.2, 0.25) is 0 Å². The zero-order chi connectivity index (χ0) is 15.0. The van der Waals surface area contributed by atoms with Crippen LogP contribution in [0.15, 0.2) is 18.2 Å². The Hall–Kier alpha value is -1.75. The lowest BCUT2D eigenvalue weighted by Crippen LogP contribution is -2.28. The second-order valence-electron chi connectivity index (χ2n) is 4.76. The van der Waals surface area contributed by atoms with Crippen LogP contribution in [0.25, 0.3) is 0 Å². The Balaban J connectivity index is 2.65. The number of rotatable bonds is 8. The zero-order valence-corrected chi connectivity index (χ0v) is 12.7. The second-order valence-corrected chi connectivity index (χ2v) is 4.76. The molecule has 0 heterocycles.